The summed E-state index contributed by atoms with van der Waals surface area (Å²) in [5.41, 5.74) is 4.02. The number of aromatic nitrogens is 3. The molecule has 3 N–H and O–H groups in total. The predicted octanol–water partition coefficient (Wildman–Crippen LogP) is 4.42. The third-order valence-electron chi connectivity index (χ3n) is 9.31. The third-order valence-corrected chi connectivity index (χ3v) is 10.3. The standard InChI is InChI=1S/C33H40F3N9OS/c1-21-23(3-4-30-28(21)13-25(16-37)45(30)19-26(17-39-22(2)46)44-11-7-38-8-12-44)18-43-9-5-24(6-10-43)42-31-29-14-27(15-33(34,35)36)47-32(29)41-20-40-31/h3-4,13-14,20,24,26,38H,5-12,15,17-19H2,1-2H3,(H,39,46)(H,40,41,42). The number of nitrogens with one attached hydrogen (secondary N) is 3. The van der Waals surface area contributed by atoms with Crippen molar-refractivity contribution >= 4 is 44.2 Å². The Morgan fingerprint density at radius 3 is 2.62 bits per heavy atom. The van der Waals surface area contributed by atoms with Gasteiger partial charge in [-0.3, -0.25) is 14.6 Å². The second-order valence-corrected chi connectivity index (χ2v) is 13.7. The number of amides is 1. The lowest BCUT2D eigenvalue weighted by atomic mass is 10.0. The minimum atomic E-state index is -4.26. The Morgan fingerprint density at radius 1 is 1.15 bits per heavy atom. The monoisotopic (exact) mass is 667 g/mol. The highest BCUT2D eigenvalue weighted by Crippen LogP contribution is 2.33. The number of hydrogen-bond donors (Lipinski definition) is 3. The van der Waals surface area contributed by atoms with E-state index in [0.717, 1.165) is 86.5 Å². The number of thiophene rings is 1. The van der Waals surface area contributed by atoms with Gasteiger partial charge in [0.25, 0.3) is 0 Å². The van der Waals surface area contributed by atoms with E-state index in [2.05, 4.69) is 65.4 Å². The summed E-state index contributed by atoms with van der Waals surface area (Å²) in [4.78, 5) is 25.9. The first-order valence-electron chi connectivity index (χ1n) is 16.1. The molecule has 1 aromatic carbocycles. The lowest BCUT2D eigenvalue weighted by molar-refractivity contribution is -0.126. The molecule has 47 heavy (non-hydrogen) atoms. The van der Waals surface area contributed by atoms with Gasteiger partial charge in [-0.2, -0.15) is 18.4 Å². The highest BCUT2D eigenvalue weighted by molar-refractivity contribution is 7.18. The van der Waals surface area contributed by atoms with Gasteiger partial charge in [-0.05, 0) is 49.1 Å². The fraction of sp³-hybridized carbons (Fsp3) is 0.515. The topological polar surface area (TPSA) is 114 Å². The van der Waals surface area contributed by atoms with Gasteiger partial charge in [0, 0.05) is 93.7 Å². The number of fused-ring (bicyclic) bond motifs is 2. The summed E-state index contributed by atoms with van der Waals surface area (Å²) in [6.45, 7) is 10.9. The Morgan fingerprint density at radius 2 is 1.91 bits per heavy atom. The summed E-state index contributed by atoms with van der Waals surface area (Å²) in [7, 11) is 0. The van der Waals surface area contributed by atoms with Gasteiger partial charge in [0.05, 0.1) is 11.8 Å². The number of piperidine rings is 1. The number of carbonyl (C=O) groups is 1. The number of hydrogen-bond acceptors (Lipinski definition) is 9. The van der Waals surface area contributed by atoms with Crippen LogP contribution in [0.4, 0.5) is 19.0 Å². The molecule has 0 radical (unpaired) electrons. The molecule has 1 atom stereocenters. The molecule has 14 heteroatoms. The largest absolute Gasteiger partial charge is 0.393 e. The van der Waals surface area contributed by atoms with Crippen molar-refractivity contribution in [2.45, 2.75) is 64.5 Å². The normalized spacial score (nSPS) is 17.6. The fourth-order valence-electron chi connectivity index (χ4n) is 6.79. The molecule has 0 aliphatic carbocycles. The molecule has 250 valence electrons. The van der Waals surface area contributed by atoms with E-state index in [9.17, 15) is 23.2 Å². The van der Waals surface area contributed by atoms with Gasteiger partial charge in [-0.25, -0.2) is 9.97 Å². The summed E-state index contributed by atoms with van der Waals surface area (Å²) in [5.74, 6) is 0.532. The van der Waals surface area contributed by atoms with Gasteiger partial charge in [-0.1, -0.05) is 6.07 Å². The van der Waals surface area contributed by atoms with E-state index >= 15 is 0 Å². The lowest BCUT2D eigenvalue weighted by Crippen LogP contribution is -2.53. The Bertz CT molecular complexity index is 1760. The van der Waals surface area contributed by atoms with E-state index in [-0.39, 0.29) is 22.9 Å². The number of nitriles is 1. The van der Waals surface area contributed by atoms with Crippen molar-refractivity contribution in [1.29, 1.82) is 5.26 Å². The molecule has 1 unspecified atom stereocenters. The zero-order valence-electron chi connectivity index (χ0n) is 26.7. The average molecular weight is 668 g/mol. The summed E-state index contributed by atoms with van der Waals surface area (Å²) >= 11 is 1.06. The lowest BCUT2D eigenvalue weighted by Gasteiger charge is -2.35. The van der Waals surface area contributed by atoms with Gasteiger partial charge in [0.15, 0.2) is 0 Å². The number of alkyl halides is 3. The maximum absolute atomic E-state index is 13.0. The van der Waals surface area contributed by atoms with Crippen LogP contribution < -0.4 is 16.0 Å². The molecule has 2 aliphatic heterocycles. The number of nitrogens with zero attached hydrogens (tertiary/aromatic N) is 6. The number of aryl methyl sites for hydroxylation is 1. The quantitative estimate of drug-likeness (QED) is 0.228. The van der Waals surface area contributed by atoms with Gasteiger partial charge < -0.3 is 20.5 Å². The van der Waals surface area contributed by atoms with Crippen molar-refractivity contribution in [3.63, 3.8) is 0 Å². The molecular weight excluding hydrogens is 627 g/mol. The SMILES string of the molecule is CC(=O)NCC(Cn1c(C#N)cc2c(C)c(CN3CCC(Nc4ncnc5sc(CC(F)(F)F)cc45)CC3)ccc21)N1CCNCC1. The number of rotatable bonds is 10. The molecule has 4 aromatic rings. The first-order chi connectivity index (χ1) is 22.6. The summed E-state index contributed by atoms with van der Waals surface area (Å²) < 4.78 is 41.0. The van der Waals surface area contributed by atoms with Crippen LogP contribution in [0.1, 0.15) is 41.5 Å². The molecule has 3 aromatic heterocycles. The zero-order valence-corrected chi connectivity index (χ0v) is 27.5. The second-order valence-electron chi connectivity index (χ2n) is 12.6. The minimum absolute atomic E-state index is 0.0597. The summed E-state index contributed by atoms with van der Waals surface area (Å²) in [6.07, 6.45) is -2.06. The highest BCUT2D eigenvalue weighted by Gasteiger charge is 2.30. The molecule has 6 rings (SSSR count). The molecule has 2 aliphatic rings. The van der Waals surface area contributed by atoms with Gasteiger partial charge >= 0.3 is 6.18 Å². The number of benzene rings is 1. The van der Waals surface area contributed by atoms with E-state index in [1.807, 2.05) is 6.07 Å². The van der Waals surface area contributed by atoms with Gasteiger partial charge in [0.2, 0.25) is 5.91 Å². The van der Waals surface area contributed by atoms with Crippen LogP contribution in [0.2, 0.25) is 0 Å². The molecule has 0 saturated carbocycles. The smallest absolute Gasteiger partial charge is 0.367 e. The van der Waals surface area contributed by atoms with Crippen LogP contribution in [0, 0.1) is 18.3 Å². The number of carbonyl (C=O) groups excluding carboxylic acids is 1. The van der Waals surface area contributed by atoms with E-state index in [4.69, 9.17) is 0 Å². The van der Waals surface area contributed by atoms with Crippen molar-refractivity contribution < 1.29 is 18.0 Å². The molecule has 2 saturated heterocycles. The maximum Gasteiger partial charge on any atom is 0.393 e. The van der Waals surface area contributed by atoms with Gasteiger partial charge in [-0.15, -0.1) is 11.3 Å². The molecule has 10 nitrogen and oxygen atoms in total. The van der Waals surface area contributed by atoms with Crippen molar-refractivity contribution in [2.75, 3.05) is 51.1 Å². The summed E-state index contributed by atoms with van der Waals surface area (Å²) in [6, 6.07) is 10.5. The molecule has 1 amide bonds. The maximum atomic E-state index is 13.0. The van der Waals surface area contributed by atoms with Gasteiger partial charge in [0.1, 0.15) is 28.7 Å². The Hall–Kier alpha value is -3.77. The van der Waals surface area contributed by atoms with Crippen LogP contribution >= 0.6 is 11.3 Å². The first kappa shape index (κ1) is 33.1. The Kier molecular flexibility index (Phi) is 9.98. The highest BCUT2D eigenvalue weighted by atomic mass is 32.1. The minimum Gasteiger partial charge on any atom is -0.367 e. The Labute approximate surface area is 275 Å². The van der Waals surface area contributed by atoms with E-state index in [1.54, 1.807) is 6.07 Å². The van der Waals surface area contributed by atoms with Crippen molar-refractivity contribution in [2.24, 2.45) is 0 Å². The zero-order chi connectivity index (χ0) is 33.1. The third kappa shape index (κ3) is 7.86. The van der Waals surface area contributed by atoms with E-state index < -0.39 is 12.6 Å². The van der Waals surface area contributed by atoms with Crippen LogP contribution in [0.5, 0.6) is 0 Å². The van der Waals surface area contributed by atoms with Crippen LogP contribution in [0.25, 0.3) is 21.1 Å². The van der Waals surface area contributed by atoms with E-state index in [1.165, 1.54) is 18.8 Å². The molecule has 2 fully saturated rings. The molecule has 0 spiro atoms. The van der Waals surface area contributed by atoms with Crippen molar-refractivity contribution in [1.82, 2.24) is 35.0 Å². The second kappa shape index (κ2) is 14.1. The summed E-state index contributed by atoms with van der Waals surface area (Å²) in [5, 5.41) is 21.6. The van der Waals surface area contributed by atoms with Crippen LogP contribution in [0.15, 0.2) is 30.6 Å². The number of piperazine rings is 1. The number of halogens is 3. The number of likely N-dealkylation sites (tertiary alicyclic amines) is 1. The van der Waals surface area contributed by atoms with Crippen molar-refractivity contribution in [3.8, 4) is 6.07 Å². The van der Waals surface area contributed by atoms with E-state index in [0.29, 0.717) is 34.8 Å². The molecule has 0 bridgehead atoms. The fourth-order valence-corrected chi connectivity index (χ4v) is 7.81. The van der Waals surface area contributed by atoms with Crippen LogP contribution in [-0.4, -0.2) is 94.3 Å². The van der Waals surface area contributed by atoms with Crippen LogP contribution in [0.3, 0.4) is 0 Å². The average Bonchev–Trinajstić information content (AvgIpc) is 3.62. The Balaban J connectivity index is 1.12. The first-order valence-corrected chi connectivity index (χ1v) is 16.9. The number of anilines is 1. The molecule has 5 heterocycles. The van der Waals surface area contributed by atoms with Crippen molar-refractivity contribution in [3.05, 3.63) is 52.3 Å². The predicted molar refractivity (Wildman–Crippen MR) is 177 cm³/mol. The van der Waals surface area contributed by atoms with Crippen LogP contribution in [-0.2, 0) is 24.3 Å². The molecular formula is C33H40F3N9OS.